The standard InChI is InChI=1S/C10H13N3O3S2/c14-6-9-5-10(17-7-9)18(15,16)12-2-4-13-3-1-11-8-13/h1,3,5,7-8,12,14H,2,4,6H2. The molecule has 0 saturated carbocycles. The smallest absolute Gasteiger partial charge is 0.250 e. The van der Waals surface area contributed by atoms with Crippen LogP contribution >= 0.6 is 11.3 Å². The van der Waals surface area contributed by atoms with Crippen LogP contribution in [0.4, 0.5) is 0 Å². The number of aliphatic hydroxyl groups excluding tert-OH is 1. The van der Waals surface area contributed by atoms with Gasteiger partial charge in [0.05, 0.1) is 12.9 Å². The first kappa shape index (κ1) is 13.2. The van der Waals surface area contributed by atoms with Crippen molar-refractivity contribution in [2.24, 2.45) is 0 Å². The van der Waals surface area contributed by atoms with Crippen LogP contribution in [0.2, 0.25) is 0 Å². The molecule has 0 bridgehead atoms. The van der Waals surface area contributed by atoms with Gasteiger partial charge in [-0.05, 0) is 17.0 Å². The molecule has 2 rings (SSSR count). The van der Waals surface area contributed by atoms with Crippen LogP contribution in [0.1, 0.15) is 5.56 Å². The number of nitrogens with zero attached hydrogens (tertiary/aromatic N) is 2. The molecule has 98 valence electrons. The Hall–Kier alpha value is -1.22. The maximum Gasteiger partial charge on any atom is 0.250 e. The van der Waals surface area contributed by atoms with Crippen molar-refractivity contribution in [1.29, 1.82) is 0 Å². The van der Waals surface area contributed by atoms with E-state index < -0.39 is 10.0 Å². The highest BCUT2D eigenvalue weighted by Crippen LogP contribution is 2.19. The van der Waals surface area contributed by atoms with Gasteiger partial charge in [-0.2, -0.15) is 0 Å². The fraction of sp³-hybridized carbons (Fsp3) is 0.300. The van der Waals surface area contributed by atoms with Crippen LogP contribution in [0.25, 0.3) is 0 Å². The summed E-state index contributed by atoms with van der Waals surface area (Å²) in [6.07, 6.45) is 5.04. The number of hydrogen-bond acceptors (Lipinski definition) is 5. The predicted molar refractivity (Wildman–Crippen MR) is 67.7 cm³/mol. The highest BCUT2D eigenvalue weighted by atomic mass is 32.2. The van der Waals surface area contributed by atoms with Crippen molar-refractivity contribution < 1.29 is 13.5 Å². The average Bonchev–Trinajstić information content (AvgIpc) is 2.99. The number of imidazole rings is 1. The summed E-state index contributed by atoms with van der Waals surface area (Å²) in [5, 5.41) is 10.5. The number of sulfonamides is 1. The number of nitrogens with one attached hydrogen (secondary N) is 1. The molecule has 0 aliphatic heterocycles. The largest absolute Gasteiger partial charge is 0.392 e. The number of hydrogen-bond donors (Lipinski definition) is 2. The third-order valence-corrected chi connectivity index (χ3v) is 5.25. The Balaban J connectivity index is 1.95. The third-order valence-electron chi connectivity index (χ3n) is 2.30. The van der Waals surface area contributed by atoms with Crippen LogP contribution < -0.4 is 4.72 Å². The van der Waals surface area contributed by atoms with Crippen LogP contribution in [0.3, 0.4) is 0 Å². The van der Waals surface area contributed by atoms with E-state index in [-0.39, 0.29) is 10.8 Å². The number of rotatable bonds is 6. The van der Waals surface area contributed by atoms with Gasteiger partial charge in [0.15, 0.2) is 0 Å². The fourth-order valence-corrected chi connectivity index (χ4v) is 3.64. The van der Waals surface area contributed by atoms with E-state index in [4.69, 9.17) is 5.11 Å². The molecule has 0 saturated heterocycles. The summed E-state index contributed by atoms with van der Waals surface area (Å²) in [7, 11) is -3.48. The van der Waals surface area contributed by atoms with Crippen LogP contribution in [-0.4, -0.2) is 29.6 Å². The van der Waals surface area contributed by atoms with Crippen LogP contribution in [0.15, 0.2) is 34.4 Å². The Labute approximate surface area is 109 Å². The zero-order valence-electron chi connectivity index (χ0n) is 9.48. The van der Waals surface area contributed by atoms with Gasteiger partial charge in [-0.3, -0.25) is 0 Å². The first-order valence-corrected chi connectivity index (χ1v) is 7.62. The normalized spacial score (nSPS) is 11.8. The van der Waals surface area contributed by atoms with Crippen molar-refractivity contribution in [3.63, 3.8) is 0 Å². The molecular weight excluding hydrogens is 274 g/mol. The van der Waals surface area contributed by atoms with Gasteiger partial charge in [-0.25, -0.2) is 18.1 Å². The Morgan fingerprint density at radius 3 is 2.94 bits per heavy atom. The minimum Gasteiger partial charge on any atom is -0.392 e. The minimum absolute atomic E-state index is 0.152. The van der Waals surface area contributed by atoms with Crippen molar-refractivity contribution in [2.45, 2.75) is 17.4 Å². The van der Waals surface area contributed by atoms with E-state index in [0.29, 0.717) is 18.7 Å². The maximum absolute atomic E-state index is 11.9. The Kier molecular flexibility index (Phi) is 4.12. The van der Waals surface area contributed by atoms with Gasteiger partial charge in [-0.15, -0.1) is 11.3 Å². The molecular formula is C10H13N3O3S2. The summed E-state index contributed by atoms with van der Waals surface area (Å²) in [5.74, 6) is 0. The molecule has 0 spiro atoms. The van der Waals surface area contributed by atoms with E-state index >= 15 is 0 Å². The molecule has 0 radical (unpaired) electrons. The molecule has 0 amide bonds. The zero-order valence-corrected chi connectivity index (χ0v) is 11.1. The van der Waals surface area contributed by atoms with Crippen molar-refractivity contribution in [1.82, 2.24) is 14.3 Å². The van der Waals surface area contributed by atoms with Gasteiger partial charge in [-0.1, -0.05) is 0 Å². The van der Waals surface area contributed by atoms with E-state index in [1.807, 2.05) is 0 Å². The van der Waals surface area contributed by atoms with E-state index in [2.05, 4.69) is 9.71 Å². The van der Waals surface area contributed by atoms with Crippen molar-refractivity contribution >= 4 is 21.4 Å². The predicted octanol–water partition coefficient (Wildman–Crippen LogP) is 0.415. The fourth-order valence-electron chi connectivity index (χ4n) is 1.38. The summed E-state index contributed by atoms with van der Waals surface area (Å²) < 4.78 is 28.3. The summed E-state index contributed by atoms with van der Waals surface area (Å²) in [5.41, 5.74) is 0.606. The van der Waals surface area contributed by atoms with Crippen molar-refractivity contribution in [3.8, 4) is 0 Å². The molecule has 2 N–H and O–H groups in total. The first-order valence-electron chi connectivity index (χ1n) is 5.25. The van der Waals surface area contributed by atoms with Gasteiger partial charge >= 0.3 is 0 Å². The summed E-state index contributed by atoms with van der Waals surface area (Å²) in [6, 6.07) is 1.48. The highest BCUT2D eigenvalue weighted by Gasteiger charge is 2.15. The molecule has 18 heavy (non-hydrogen) atoms. The second-order valence-corrected chi connectivity index (χ2v) is 6.54. The van der Waals surface area contributed by atoms with Gasteiger partial charge in [0.1, 0.15) is 4.21 Å². The minimum atomic E-state index is -3.48. The molecule has 8 heteroatoms. The number of aliphatic hydroxyl groups is 1. The van der Waals surface area contributed by atoms with Crippen molar-refractivity contribution in [2.75, 3.05) is 6.54 Å². The van der Waals surface area contributed by atoms with Gasteiger partial charge < -0.3 is 9.67 Å². The molecule has 2 aromatic rings. The summed E-state index contributed by atoms with van der Waals surface area (Å²) >= 11 is 1.10. The summed E-state index contributed by atoms with van der Waals surface area (Å²) in [6.45, 7) is 0.670. The van der Waals surface area contributed by atoms with Crippen LogP contribution in [-0.2, 0) is 23.2 Å². The lowest BCUT2D eigenvalue weighted by molar-refractivity contribution is 0.282. The van der Waals surface area contributed by atoms with Gasteiger partial charge in [0, 0.05) is 25.5 Å². The third kappa shape index (κ3) is 3.16. The molecule has 6 nitrogen and oxygen atoms in total. The van der Waals surface area contributed by atoms with Gasteiger partial charge in [0.25, 0.3) is 0 Å². The topological polar surface area (TPSA) is 84.2 Å². The molecule has 0 aliphatic rings. The van der Waals surface area contributed by atoms with E-state index in [1.165, 1.54) is 6.07 Å². The average molecular weight is 287 g/mol. The lowest BCUT2D eigenvalue weighted by Crippen LogP contribution is -2.26. The molecule has 0 aliphatic carbocycles. The Morgan fingerprint density at radius 1 is 1.50 bits per heavy atom. The van der Waals surface area contributed by atoms with Gasteiger partial charge in [0.2, 0.25) is 10.0 Å². The van der Waals surface area contributed by atoms with E-state index in [1.54, 1.807) is 28.7 Å². The zero-order chi connectivity index (χ0) is 13.0. The molecule has 0 fully saturated rings. The molecule has 0 atom stereocenters. The van der Waals surface area contributed by atoms with Crippen LogP contribution in [0.5, 0.6) is 0 Å². The van der Waals surface area contributed by atoms with E-state index in [0.717, 1.165) is 11.3 Å². The lowest BCUT2D eigenvalue weighted by atomic mass is 10.4. The number of aromatic nitrogens is 2. The lowest BCUT2D eigenvalue weighted by Gasteiger charge is -2.05. The van der Waals surface area contributed by atoms with Crippen molar-refractivity contribution in [3.05, 3.63) is 35.7 Å². The molecule has 0 unspecified atom stereocenters. The quantitative estimate of drug-likeness (QED) is 0.806. The summed E-state index contributed by atoms with van der Waals surface area (Å²) in [4.78, 5) is 3.87. The first-order chi connectivity index (χ1) is 8.62. The number of thiophene rings is 1. The SMILES string of the molecule is O=S(=O)(NCCn1ccnc1)c1cc(CO)cs1. The second-order valence-electron chi connectivity index (χ2n) is 3.63. The molecule has 2 heterocycles. The molecule has 2 aromatic heterocycles. The van der Waals surface area contributed by atoms with Crippen LogP contribution in [0, 0.1) is 0 Å². The monoisotopic (exact) mass is 287 g/mol. The van der Waals surface area contributed by atoms with E-state index in [9.17, 15) is 8.42 Å². The molecule has 0 aromatic carbocycles. The second kappa shape index (κ2) is 5.61. The maximum atomic E-state index is 11.9. The Bertz CT molecular complexity index is 590. The highest BCUT2D eigenvalue weighted by molar-refractivity contribution is 7.91. The Morgan fingerprint density at radius 2 is 2.33 bits per heavy atom.